The van der Waals surface area contributed by atoms with Crippen LogP contribution in [-0.4, -0.2) is 25.1 Å². The number of thioether (sulfide) groups is 1. The van der Waals surface area contributed by atoms with Gasteiger partial charge in [-0.15, -0.1) is 0 Å². The Kier molecular flexibility index (Phi) is 6.03. The Balaban J connectivity index is 4.03. The van der Waals surface area contributed by atoms with Gasteiger partial charge in [0, 0.05) is 11.3 Å². The van der Waals surface area contributed by atoms with E-state index in [1.165, 1.54) is 7.11 Å². The summed E-state index contributed by atoms with van der Waals surface area (Å²) in [5.41, 5.74) is 0.766. The van der Waals surface area contributed by atoms with Gasteiger partial charge in [-0.3, -0.25) is 0 Å². The van der Waals surface area contributed by atoms with Crippen LogP contribution in [-0.2, 0) is 9.53 Å². The lowest BCUT2D eigenvalue weighted by Gasteiger charge is -2.00. The summed E-state index contributed by atoms with van der Waals surface area (Å²) in [6, 6.07) is 0. The number of rotatable bonds is 4. The van der Waals surface area contributed by atoms with Crippen LogP contribution in [0.2, 0.25) is 0 Å². The largest absolute Gasteiger partial charge is 0.466 e. The van der Waals surface area contributed by atoms with E-state index < -0.39 is 0 Å². The predicted octanol–water partition coefficient (Wildman–Crippen LogP) is 1.86. The molecule has 0 aliphatic rings. The molecule has 0 N–H and O–H groups in total. The molecule has 0 unspecified atom stereocenters. The van der Waals surface area contributed by atoms with Gasteiger partial charge in [0.2, 0.25) is 0 Å². The van der Waals surface area contributed by atoms with Gasteiger partial charge in [0.05, 0.1) is 7.11 Å². The van der Waals surface area contributed by atoms with E-state index in [9.17, 15) is 4.79 Å². The second-order valence-electron chi connectivity index (χ2n) is 2.03. The Morgan fingerprint density at radius 3 is 2.64 bits per heavy atom. The van der Waals surface area contributed by atoms with Gasteiger partial charge in [-0.2, -0.15) is 11.8 Å². The van der Waals surface area contributed by atoms with Crippen molar-refractivity contribution < 1.29 is 9.53 Å². The summed E-state index contributed by atoms with van der Waals surface area (Å²) >= 11 is 1.69. The fourth-order valence-electron chi connectivity index (χ4n) is 0.687. The third-order valence-electron chi connectivity index (χ3n) is 1.32. The van der Waals surface area contributed by atoms with Crippen molar-refractivity contribution in [3.8, 4) is 0 Å². The molecular formula is C8H14O2S. The molecule has 3 heteroatoms. The lowest BCUT2D eigenvalue weighted by atomic mass is 10.2. The summed E-state index contributed by atoms with van der Waals surface area (Å²) in [7, 11) is 1.41. The van der Waals surface area contributed by atoms with Gasteiger partial charge in [-0.25, -0.2) is 4.79 Å². The first kappa shape index (κ1) is 10.6. The molecule has 0 fully saturated rings. The average Bonchev–Trinajstić information content (AvgIpc) is 2.05. The molecule has 11 heavy (non-hydrogen) atoms. The standard InChI is InChI=1S/C8H14O2S/c1-4-7(5-6-11-3)8(9)10-2/h5H,4,6H2,1-3H3. The molecule has 0 aliphatic carbocycles. The molecular weight excluding hydrogens is 160 g/mol. The van der Waals surface area contributed by atoms with Crippen molar-refractivity contribution >= 4 is 17.7 Å². The molecule has 0 amide bonds. The summed E-state index contributed by atoms with van der Waals surface area (Å²) < 4.78 is 4.58. The normalized spacial score (nSPS) is 11.4. The molecule has 0 aromatic heterocycles. The van der Waals surface area contributed by atoms with E-state index in [-0.39, 0.29) is 5.97 Å². The fourth-order valence-corrected chi connectivity index (χ4v) is 1.05. The van der Waals surface area contributed by atoms with Crippen molar-refractivity contribution in [1.29, 1.82) is 0 Å². The van der Waals surface area contributed by atoms with E-state index in [4.69, 9.17) is 0 Å². The first-order valence-electron chi connectivity index (χ1n) is 3.52. The molecule has 0 aromatic rings. The van der Waals surface area contributed by atoms with Crippen LogP contribution in [0.5, 0.6) is 0 Å². The van der Waals surface area contributed by atoms with Crippen molar-refractivity contribution in [2.24, 2.45) is 0 Å². The summed E-state index contributed by atoms with van der Waals surface area (Å²) in [4.78, 5) is 10.9. The van der Waals surface area contributed by atoms with Gasteiger partial charge in [0.1, 0.15) is 0 Å². The van der Waals surface area contributed by atoms with Gasteiger partial charge in [0.25, 0.3) is 0 Å². The molecule has 0 heterocycles. The Labute approximate surface area is 72.0 Å². The second kappa shape index (κ2) is 6.28. The third-order valence-corrected chi connectivity index (χ3v) is 1.82. The zero-order valence-corrected chi connectivity index (χ0v) is 8.03. The lowest BCUT2D eigenvalue weighted by molar-refractivity contribution is -0.136. The number of carbonyl (C=O) groups excluding carboxylic acids is 1. The molecule has 2 nitrogen and oxygen atoms in total. The molecule has 0 saturated heterocycles. The first-order chi connectivity index (χ1) is 5.26. The molecule has 0 aliphatic heterocycles. The molecule has 0 rings (SSSR count). The molecule has 0 atom stereocenters. The van der Waals surface area contributed by atoms with Crippen molar-refractivity contribution in [1.82, 2.24) is 0 Å². The number of hydrogen-bond acceptors (Lipinski definition) is 3. The lowest BCUT2D eigenvalue weighted by Crippen LogP contribution is -2.03. The van der Waals surface area contributed by atoms with E-state index >= 15 is 0 Å². The maximum atomic E-state index is 10.9. The minimum absolute atomic E-state index is 0.207. The Morgan fingerprint density at radius 1 is 1.64 bits per heavy atom. The summed E-state index contributed by atoms with van der Waals surface area (Å²) in [5.74, 6) is 0.666. The highest BCUT2D eigenvalue weighted by Gasteiger charge is 2.04. The van der Waals surface area contributed by atoms with Crippen molar-refractivity contribution in [3.63, 3.8) is 0 Å². The van der Waals surface area contributed by atoms with E-state index in [0.717, 1.165) is 17.7 Å². The first-order valence-corrected chi connectivity index (χ1v) is 4.91. The topological polar surface area (TPSA) is 26.3 Å². The van der Waals surface area contributed by atoms with Crippen LogP contribution in [0.1, 0.15) is 13.3 Å². The quantitative estimate of drug-likeness (QED) is 0.480. The number of esters is 1. The zero-order chi connectivity index (χ0) is 8.69. The fraction of sp³-hybridized carbons (Fsp3) is 0.625. The molecule has 0 radical (unpaired) electrons. The number of hydrogen-bond donors (Lipinski definition) is 0. The van der Waals surface area contributed by atoms with Gasteiger partial charge < -0.3 is 4.74 Å². The Bertz CT molecular complexity index is 152. The number of carbonyl (C=O) groups is 1. The van der Waals surface area contributed by atoms with Crippen molar-refractivity contribution in [3.05, 3.63) is 11.6 Å². The smallest absolute Gasteiger partial charge is 0.333 e. The highest BCUT2D eigenvalue weighted by molar-refractivity contribution is 7.98. The van der Waals surface area contributed by atoms with Crippen LogP contribution in [0, 0.1) is 0 Å². The zero-order valence-electron chi connectivity index (χ0n) is 7.22. The van der Waals surface area contributed by atoms with Gasteiger partial charge >= 0.3 is 5.97 Å². The molecule has 0 bridgehead atoms. The van der Waals surface area contributed by atoms with Crippen LogP contribution < -0.4 is 0 Å². The van der Waals surface area contributed by atoms with Crippen molar-refractivity contribution in [2.75, 3.05) is 19.1 Å². The maximum Gasteiger partial charge on any atom is 0.333 e. The summed E-state index contributed by atoms with van der Waals surface area (Å²) in [6.07, 6.45) is 4.66. The Morgan fingerprint density at radius 2 is 2.27 bits per heavy atom. The molecule has 0 aromatic carbocycles. The highest BCUT2D eigenvalue weighted by atomic mass is 32.2. The Hall–Kier alpha value is -0.440. The van der Waals surface area contributed by atoms with E-state index in [1.807, 2.05) is 19.3 Å². The average molecular weight is 174 g/mol. The predicted molar refractivity (Wildman–Crippen MR) is 48.8 cm³/mol. The van der Waals surface area contributed by atoms with Crippen LogP contribution in [0.3, 0.4) is 0 Å². The minimum Gasteiger partial charge on any atom is -0.466 e. The maximum absolute atomic E-state index is 10.9. The summed E-state index contributed by atoms with van der Waals surface area (Å²) in [5, 5.41) is 0. The van der Waals surface area contributed by atoms with Crippen LogP contribution >= 0.6 is 11.8 Å². The minimum atomic E-state index is -0.207. The second-order valence-corrected chi connectivity index (χ2v) is 2.94. The SMILES string of the molecule is CCC(=CCSC)C(=O)OC. The number of ether oxygens (including phenoxy) is 1. The molecule has 64 valence electrons. The van der Waals surface area contributed by atoms with Gasteiger partial charge in [-0.05, 0) is 12.7 Å². The number of methoxy groups -OCH3 is 1. The van der Waals surface area contributed by atoms with E-state index in [1.54, 1.807) is 11.8 Å². The third kappa shape index (κ3) is 4.09. The molecule has 0 spiro atoms. The van der Waals surface area contributed by atoms with E-state index in [0.29, 0.717) is 0 Å². The van der Waals surface area contributed by atoms with Crippen molar-refractivity contribution in [2.45, 2.75) is 13.3 Å². The van der Waals surface area contributed by atoms with Gasteiger partial charge in [-0.1, -0.05) is 13.0 Å². The summed E-state index contributed by atoms with van der Waals surface area (Å²) in [6.45, 7) is 1.95. The molecule has 0 saturated carbocycles. The van der Waals surface area contributed by atoms with Crippen LogP contribution in [0.15, 0.2) is 11.6 Å². The van der Waals surface area contributed by atoms with Crippen LogP contribution in [0.4, 0.5) is 0 Å². The monoisotopic (exact) mass is 174 g/mol. The van der Waals surface area contributed by atoms with E-state index in [2.05, 4.69) is 4.74 Å². The highest BCUT2D eigenvalue weighted by Crippen LogP contribution is 2.05. The van der Waals surface area contributed by atoms with Crippen LogP contribution in [0.25, 0.3) is 0 Å². The van der Waals surface area contributed by atoms with Gasteiger partial charge in [0.15, 0.2) is 0 Å².